The van der Waals surface area contributed by atoms with Gasteiger partial charge in [0.05, 0.1) is 17.1 Å². The summed E-state index contributed by atoms with van der Waals surface area (Å²) in [6.07, 6.45) is 2.23. The van der Waals surface area contributed by atoms with Gasteiger partial charge in [0.25, 0.3) is 0 Å². The predicted molar refractivity (Wildman–Crippen MR) is 261 cm³/mol. The summed E-state index contributed by atoms with van der Waals surface area (Å²) in [6.45, 7) is 0. The highest BCUT2D eigenvalue weighted by Gasteiger charge is 2.26. The summed E-state index contributed by atoms with van der Waals surface area (Å²) in [7, 11) is 0. The van der Waals surface area contributed by atoms with Crippen LogP contribution in [0, 0.1) is 5.41 Å². The third-order valence-corrected chi connectivity index (χ3v) is 11.5. The minimum absolute atomic E-state index is 0.446. The Morgan fingerprint density at radius 2 is 0.855 bits per heavy atom. The number of nitrogens with one attached hydrogen (secondary N) is 2. The molecule has 3 heteroatoms. The maximum Gasteiger partial charge on any atom is 0.0711 e. The first-order valence-corrected chi connectivity index (χ1v) is 21.0. The van der Waals surface area contributed by atoms with Gasteiger partial charge in [-0.1, -0.05) is 212 Å². The minimum atomic E-state index is 0.446. The van der Waals surface area contributed by atoms with Gasteiger partial charge in [-0.3, -0.25) is 5.41 Å². The van der Waals surface area contributed by atoms with Crippen molar-refractivity contribution in [1.82, 2.24) is 5.32 Å². The van der Waals surface area contributed by atoms with Crippen LogP contribution in [-0.2, 0) is 0 Å². The summed E-state index contributed by atoms with van der Waals surface area (Å²) >= 11 is 0. The second-order valence-electron chi connectivity index (χ2n) is 15.4. The van der Waals surface area contributed by atoms with Gasteiger partial charge in [-0.2, -0.15) is 0 Å². The van der Waals surface area contributed by atoms with Gasteiger partial charge in [-0.15, -0.1) is 0 Å². The van der Waals surface area contributed by atoms with E-state index in [2.05, 4.69) is 204 Å². The fourth-order valence-corrected chi connectivity index (χ4v) is 8.50. The molecular formula is C59H43N3. The summed E-state index contributed by atoms with van der Waals surface area (Å²) in [5, 5.41) is 13.7. The van der Waals surface area contributed by atoms with Gasteiger partial charge in [0, 0.05) is 39.3 Å². The molecule has 0 bridgehead atoms. The molecule has 0 radical (unpaired) electrons. The molecule has 0 amide bonds. The third-order valence-electron chi connectivity index (χ3n) is 11.5. The molecule has 2 N–H and O–H groups in total. The summed E-state index contributed by atoms with van der Waals surface area (Å²) in [5.41, 5.74) is 18.1. The first-order chi connectivity index (χ1) is 30.7. The van der Waals surface area contributed by atoms with Gasteiger partial charge in [-0.05, 0) is 80.9 Å². The van der Waals surface area contributed by atoms with E-state index in [0.717, 1.165) is 78.5 Å². The molecule has 0 aromatic heterocycles. The zero-order chi connectivity index (χ0) is 41.7. The SMILES string of the molecule is N=C(/C(=C1\NC(c2ccccc2)=Cc2ccc(N(c3ccc(-c4ccccc4)cc3)c3ccccc3-c3ccccc3-c3ccccc3)cc21)c1ccccc1)c1ccccc1. The van der Waals surface area contributed by atoms with E-state index >= 15 is 0 Å². The largest absolute Gasteiger partial charge is 0.354 e. The average Bonchev–Trinajstić information content (AvgIpc) is 3.36. The van der Waals surface area contributed by atoms with Crippen molar-refractivity contribution in [2.24, 2.45) is 0 Å². The number of fused-ring (bicyclic) bond motifs is 1. The number of hydrogen-bond donors (Lipinski definition) is 2. The van der Waals surface area contributed by atoms with E-state index in [0.29, 0.717) is 5.71 Å². The summed E-state index contributed by atoms with van der Waals surface area (Å²) in [5.74, 6) is 0. The van der Waals surface area contributed by atoms with Crippen LogP contribution in [0.4, 0.5) is 17.1 Å². The van der Waals surface area contributed by atoms with Gasteiger partial charge in [0.15, 0.2) is 0 Å². The lowest BCUT2D eigenvalue weighted by Crippen LogP contribution is -2.21. The molecule has 1 aliphatic rings. The fraction of sp³-hybridized carbons (Fsp3) is 0. The quantitative estimate of drug-likeness (QED) is 0.135. The van der Waals surface area contributed by atoms with Gasteiger partial charge in [0.1, 0.15) is 0 Å². The van der Waals surface area contributed by atoms with Gasteiger partial charge >= 0.3 is 0 Å². The van der Waals surface area contributed by atoms with Crippen LogP contribution in [0.25, 0.3) is 56.4 Å². The van der Waals surface area contributed by atoms with Gasteiger partial charge in [0.2, 0.25) is 0 Å². The summed E-state index contributed by atoms with van der Waals surface area (Å²) < 4.78 is 0. The van der Waals surface area contributed by atoms with Crippen LogP contribution in [0.1, 0.15) is 27.8 Å². The molecule has 0 saturated carbocycles. The van der Waals surface area contributed by atoms with E-state index < -0.39 is 0 Å². The Hall–Kier alpha value is -8.27. The van der Waals surface area contributed by atoms with Crippen molar-refractivity contribution >= 4 is 45.8 Å². The van der Waals surface area contributed by atoms with Crippen LogP contribution in [-0.4, -0.2) is 5.71 Å². The Bertz CT molecular complexity index is 3060. The Kier molecular flexibility index (Phi) is 10.5. The molecule has 0 atom stereocenters. The molecule has 10 rings (SSSR count). The van der Waals surface area contributed by atoms with E-state index in [1.54, 1.807) is 0 Å². The highest BCUT2D eigenvalue weighted by atomic mass is 15.1. The second-order valence-corrected chi connectivity index (χ2v) is 15.4. The van der Waals surface area contributed by atoms with Crippen LogP contribution in [0.5, 0.6) is 0 Å². The van der Waals surface area contributed by atoms with Gasteiger partial charge < -0.3 is 10.2 Å². The number of nitrogens with zero attached hydrogens (tertiary/aromatic N) is 1. The first kappa shape index (κ1) is 38.0. The summed E-state index contributed by atoms with van der Waals surface area (Å²) in [4.78, 5) is 2.38. The van der Waals surface area contributed by atoms with E-state index in [4.69, 9.17) is 0 Å². The highest BCUT2D eigenvalue weighted by molar-refractivity contribution is 6.36. The molecule has 294 valence electrons. The number of anilines is 3. The Morgan fingerprint density at radius 1 is 0.371 bits per heavy atom. The third kappa shape index (κ3) is 7.56. The highest BCUT2D eigenvalue weighted by Crippen LogP contribution is 2.46. The van der Waals surface area contributed by atoms with E-state index in [9.17, 15) is 5.41 Å². The number of allylic oxidation sites excluding steroid dienone is 1. The van der Waals surface area contributed by atoms with Crippen molar-refractivity contribution in [2.75, 3.05) is 4.90 Å². The molecule has 0 unspecified atom stereocenters. The molecule has 0 saturated heterocycles. The van der Waals surface area contributed by atoms with Crippen molar-refractivity contribution in [2.45, 2.75) is 0 Å². The minimum Gasteiger partial charge on any atom is -0.354 e. The molecule has 9 aromatic rings. The maximum absolute atomic E-state index is 9.86. The lowest BCUT2D eigenvalue weighted by molar-refractivity contribution is 1.21. The molecule has 1 heterocycles. The molecule has 0 fully saturated rings. The van der Waals surface area contributed by atoms with Crippen LogP contribution in [0.15, 0.2) is 243 Å². The van der Waals surface area contributed by atoms with Crippen molar-refractivity contribution < 1.29 is 0 Å². The Labute approximate surface area is 363 Å². The van der Waals surface area contributed by atoms with Crippen molar-refractivity contribution in [3.63, 3.8) is 0 Å². The molecule has 1 aliphatic heterocycles. The zero-order valence-corrected chi connectivity index (χ0v) is 34.1. The normalized spacial score (nSPS) is 12.7. The molecular weight excluding hydrogens is 751 g/mol. The molecule has 62 heavy (non-hydrogen) atoms. The smallest absolute Gasteiger partial charge is 0.0711 e. The molecule has 0 aliphatic carbocycles. The molecule has 0 spiro atoms. The standard InChI is InChI=1S/C59H43N3/c60-58(47-28-14-5-15-29-47)57(46-26-12-4-13-27-46)59-54-41-50(39-36-48(54)40-55(61-59)45-24-10-3-11-25-45)62(49-37-34-43(35-38-49)42-20-6-1-7-21-42)56-33-19-18-32-53(56)52-31-17-16-30-51(52)44-22-8-2-9-23-44/h1-41,60-61H/b59-57-,60-58?. The average molecular weight is 794 g/mol. The van der Waals surface area contributed by atoms with E-state index in [1.807, 2.05) is 54.6 Å². The Morgan fingerprint density at radius 3 is 1.50 bits per heavy atom. The van der Waals surface area contributed by atoms with Crippen molar-refractivity contribution in [3.05, 3.63) is 270 Å². The predicted octanol–water partition coefficient (Wildman–Crippen LogP) is 15.2. The van der Waals surface area contributed by atoms with Crippen LogP contribution in [0.2, 0.25) is 0 Å². The van der Waals surface area contributed by atoms with Crippen LogP contribution in [0.3, 0.4) is 0 Å². The maximum atomic E-state index is 9.86. The monoisotopic (exact) mass is 793 g/mol. The molecule has 9 aromatic carbocycles. The number of rotatable bonds is 10. The topological polar surface area (TPSA) is 39.1 Å². The van der Waals surface area contributed by atoms with Crippen molar-refractivity contribution in [1.29, 1.82) is 5.41 Å². The number of benzene rings is 9. The number of para-hydroxylation sites is 1. The zero-order valence-electron chi connectivity index (χ0n) is 34.1. The lowest BCUT2D eigenvalue weighted by atomic mass is 9.87. The van der Waals surface area contributed by atoms with E-state index in [-0.39, 0.29) is 0 Å². The van der Waals surface area contributed by atoms with Crippen LogP contribution >= 0.6 is 0 Å². The van der Waals surface area contributed by atoms with Crippen molar-refractivity contribution in [3.8, 4) is 33.4 Å². The van der Waals surface area contributed by atoms with E-state index in [1.165, 1.54) is 16.7 Å². The number of hydrogen-bond acceptors (Lipinski definition) is 3. The lowest BCUT2D eigenvalue weighted by Gasteiger charge is -2.31. The fourth-order valence-electron chi connectivity index (χ4n) is 8.50. The first-order valence-electron chi connectivity index (χ1n) is 21.0. The summed E-state index contributed by atoms with van der Waals surface area (Å²) in [6, 6.07) is 85.0. The molecule has 3 nitrogen and oxygen atoms in total. The van der Waals surface area contributed by atoms with Crippen LogP contribution < -0.4 is 10.2 Å². The Balaban J connectivity index is 1.22. The van der Waals surface area contributed by atoms with Gasteiger partial charge in [-0.25, -0.2) is 0 Å². The second kappa shape index (κ2) is 17.1.